The molecule has 3 aromatic carbocycles. The molecule has 0 unspecified atom stereocenters. The highest BCUT2D eigenvalue weighted by Gasteiger charge is 2.37. The van der Waals surface area contributed by atoms with Crippen molar-refractivity contribution >= 4 is 31.4 Å². The van der Waals surface area contributed by atoms with Crippen LogP contribution in [0, 0.1) is 0 Å². The fourth-order valence-corrected chi connectivity index (χ4v) is 5.62. The van der Waals surface area contributed by atoms with Crippen molar-refractivity contribution in [3.05, 3.63) is 90.0 Å². The maximum atomic E-state index is 13.4. The van der Waals surface area contributed by atoms with Gasteiger partial charge in [0.05, 0.1) is 30.0 Å². The van der Waals surface area contributed by atoms with Crippen LogP contribution in [0.3, 0.4) is 0 Å². The summed E-state index contributed by atoms with van der Waals surface area (Å²) in [4.78, 5) is 0.154. The Bertz CT molecular complexity index is 1370. The summed E-state index contributed by atoms with van der Waals surface area (Å²) >= 11 is 0. The molecule has 0 aliphatic carbocycles. The molecule has 1 aliphatic rings. The van der Waals surface area contributed by atoms with Gasteiger partial charge in [-0.25, -0.2) is 8.42 Å². The quantitative estimate of drug-likeness (QED) is 0.550. The van der Waals surface area contributed by atoms with E-state index in [-0.39, 0.29) is 4.90 Å². The molecule has 1 aliphatic heterocycles. The normalized spacial score (nSPS) is 16.4. The third kappa shape index (κ3) is 5.01. The number of methoxy groups -OCH3 is 1. The molecule has 0 radical (unpaired) electrons. The van der Waals surface area contributed by atoms with Crippen LogP contribution in [-0.2, 0) is 20.0 Å². The second-order valence-electron chi connectivity index (χ2n) is 7.58. The zero-order valence-corrected chi connectivity index (χ0v) is 19.7. The van der Waals surface area contributed by atoms with Gasteiger partial charge in [0.2, 0.25) is 10.0 Å². The molecular formula is C23H23N3O5S2. The largest absolute Gasteiger partial charge is 0.497 e. The van der Waals surface area contributed by atoms with Crippen molar-refractivity contribution in [2.24, 2.45) is 5.10 Å². The minimum atomic E-state index is -3.90. The van der Waals surface area contributed by atoms with Crippen molar-refractivity contribution in [3.63, 3.8) is 0 Å². The number of nitrogens with one attached hydrogen (secondary N) is 1. The molecule has 172 valence electrons. The zero-order valence-electron chi connectivity index (χ0n) is 18.0. The topological polar surface area (TPSA) is 105 Å². The van der Waals surface area contributed by atoms with Crippen LogP contribution < -0.4 is 9.46 Å². The molecule has 33 heavy (non-hydrogen) atoms. The summed E-state index contributed by atoms with van der Waals surface area (Å²) in [5.74, 6) is 0.671. The fraction of sp³-hybridized carbons (Fsp3) is 0.174. The van der Waals surface area contributed by atoms with Crippen molar-refractivity contribution in [2.45, 2.75) is 17.4 Å². The van der Waals surface area contributed by atoms with E-state index < -0.39 is 26.1 Å². The Balaban J connectivity index is 1.72. The summed E-state index contributed by atoms with van der Waals surface area (Å²) < 4.78 is 58.6. The summed E-state index contributed by atoms with van der Waals surface area (Å²) in [6, 6.07) is 21.5. The standard InChI is InChI=1S/C23H23N3O5S2/c1-31-20-14-10-18(11-15-20)23-16-22(17-8-12-19(13-9-17)25-32(2,27)28)24-26(23)33(29,30)21-6-4-3-5-7-21/h3-15,23,25H,16H2,1-2H3/t23-/m1/s1. The third-order valence-corrected chi connectivity index (χ3v) is 7.48. The molecule has 0 saturated carbocycles. The van der Waals surface area contributed by atoms with Gasteiger partial charge in [-0.15, -0.1) is 0 Å². The SMILES string of the molecule is COc1ccc([C@H]2CC(c3ccc(NS(C)(=O)=O)cc3)=NN2S(=O)(=O)c2ccccc2)cc1. The molecule has 8 nitrogen and oxygen atoms in total. The van der Waals surface area contributed by atoms with Crippen molar-refractivity contribution in [2.75, 3.05) is 18.1 Å². The molecule has 4 rings (SSSR count). The van der Waals surface area contributed by atoms with Gasteiger partial charge in [-0.1, -0.05) is 42.5 Å². The Morgan fingerprint density at radius 2 is 1.55 bits per heavy atom. The molecule has 3 aromatic rings. The van der Waals surface area contributed by atoms with E-state index >= 15 is 0 Å². The average Bonchev–Trinajstić information content (AvgIpc) is 3.25. The summed E-state index contributed by atoms with van der Waals surface area (Å²) in [5, 5.41) is 4.50. The zero-order chi connectivity index (χ0) is 23.6. The van der Waals surface area contributed by atoms with E-state index in [1.807, 2.05) is 12.1 Å². The molecule has 1 N–H and O–H groups in total. The number of hydrogen-bond donors (Lipinski definition) is 1. The third-order valence-electron chi connectivity index (χ3n) is 5.18. The maximum absolute atomic E-state index is 13.4. The highest BCUT2D eigenvalue weighted by Crippen LogP contribution is 2.37. The Labute approximate surface area is 193 Å². The molecular weight excluding hydrogens is 462 g/mol. The maximum Gasteiger partial charge on any atom is 0.279 e. The van der Waals surface area contributed by atoms with E-state index in [4.69, 9.17) is 4.74 Å². The van der Waals surface area contributed by atoms with Crippen molar-refractivity contribution in [3.8, 4) is 5.75 Å². The van der Waals surface area contributed by atoms with E-state index in [2.05, 4.69) is 9.82 Å². The summed E-state index contributed by atoms with van der Waals surface area (Å²) in [6.07, 6.45) is 1.44. The number of anilines is 1. The molecule has 0 bridgehead atoms. The molecule has 1 atom stereocenters. The highest BCUT2D eigenvalue weighted by molar-refractivity contribution is 7.92. The predicted octanol–water partition coefficient (Wildman–Crippen LogP) is 3.61. The Hall–Kier alpha value is -3.37. The number of benzene rings is 3. The minimum Gasteiger partial charge on any atom is -0.497 e. The monoisotopic (exact) mass is 485 g/mol. The molecule has 1 heterocycles. The van der Waals surface area contributed by atoms with Gasteiger partial charge in [-0.05, 0) is 47.5 Å². The van der Waals surface area contributed by atoms with Crippen LogP contribution in [0.4, 0.5) is 5.69 Å². The average molecular weight is 486 g/mol. The molecule has 10 heteroatoms. The van der Waals surface area contributed by atoms with Crippen LogP contribution in [0.1, 0.15) is 23.6 Å². The summed E-state index contributed by atoms with van der Waals surface area (Å²) in [6.45, 7) is 0. The van der Waals surface area contributed by atoms with Gasteiger partial charge < -0.3 is 4.74 Å². The lowest BCUT2D eigenvalue weighted by molar-refractivity contribution is 0.370. The van der Waals surface area contributed by atoms with Gasteiger partial charge in [0.15, 0.2) is 0 Å². The van der Waals surface area contributed by atoms with Crippen molar-refractivity contribution in [1.29, 1.82) is 0 Å². The van der Waals surface area contributed by atoms with E-state index in [9.17, 15) is 16.8 Å². The van der Waals surface area contributed by atoms with E-state index in [1.165, 1.54) is 0 Å². The van der Waals surface area contributed by atoms with Crippen molar-refractivity contribution < 1.29 is 21.6 Å². The Morgan fingerprint density at radius 3 is 2.12 bits per heavy atom. The van der Waals surface area contributed by atoms with Crippen LogP contribution >= 0.6 is 0 Å². The lowest BCUT2D eigenvalue weighted by Crippen LogP contribution is -2.27. The first-order valence-electron chi connectivity index (χ1n) is 10.1. The van der Waals surface area contributed by atoms with Crippen molar-refractivity contribution in [1.82, 2.24) is 4.41 Å². The van der Waals surface area contributed by atoms with E-state index in [0.29, 0.717) is 29.1 Å². The first-order valence-corrected chi connectivity index (χ1v) is 13.4. The van der Waals surface area contributed by atoms with Crippen LogP contribution in [-0.4, -0.2) is 40.3 Å². The fourth-order valence-electron chi connectivity index (χ4n) is 3.60. The first kappa shape index (κ1) is 22.8. The Kier molecular flexibility index (Phi) is 6.13. The summed E-state index contributed by atoms with van der Waals surface area (Å²) in [5.41, 5.74) is 2.49. The second-order valence-corrected chi connectivity index (χ2v) is 11.1. The molecule has 0 aromatic heterocycles. The van der Waals surface area contributed by atoms with Gasteiger partial charge in [0, 0.05) is 12.1 Å². The van der Waals surface area contributed by atoms with Crippen LogP contribution in [0.25, 0.3) is 0 Å². The van der Waals surface area contributed by atoms with E-state index in [1.54, 1.807) is 73.8 Å². The lowest BCUT2D eigenvalue weighted by Gasteiger charge is -2.23. The van der Waals surface area contributed by atoms with Crippen LogP contribution in [0.5, 0.6) is 5.75 Å². The smallest absolute Gasteiger partial charge is 0.279 e. The number of nitrogens with zero attached hydrogens (tertiary/aromatic N) is 2. The first-order chi connectivity index (χ1) is 15.7. The van der Waals surface area contributed by atoms with Crippen LogP contribution in [0.15, 0.2) is 88.9 Å². The second kappa shape index (κ2) is 8.87. The molecule has 0 amide bonds. The minimum absolute atomic E-state index is 0.154. The van der Waals surface area contributed by atoms with Crippen LogP contribution in [0.2, 0.25) is 0 Å². The van der Waals surface area contributed by atoms with Gasteiger partial charge in [0.25, 0.3) is 10.0 Å². The number of hydrogen-bond acceptors (Lipinski definition) is 6. The molecule has 0 spiro atoms. The number of ether oxygens (including phenoxy) is 1. The Morgan fingerprint density at radius 1 is 0.909 bits per heavy atom. The highest BCUT2D eigenvalue weighted by atomic mass is 32.2. The lowest BCUT2D eigenvalue weighted by atomic mass is 9.99. The van der Waals surface area contributed by atoms with E-state index in [0.717, 1.165) is 16.2 Å². The molecule has 0 fully saturated rings. The number of rotatable bonds is 7. The molecule has 0 saturated heterocycles. The summed E-state index contributed by atoms with van der Waals surface area (Å²) in [7, 11) is -5.73. The van der Waals surface area contributed by atoms with Gasteiger partial charge in [-0.3, -0.25) is 4.72 Å². The number of sulfonamides is 2. The number of hydrazone groups is 1. The van der Waals surface area contributed by atoms with Gasteiger partial charge in [0.1, 0.15) is 5.75 Å². The predicted molar refractivity (Wildman–Crippen MR) is 127 cm³/mol. The van der Waals surface area contributed by atoms with Gasteiger partial charge in [-0.2, -0.15) is 17.9 Å². The van der Waals surface area contributed by atoms with Gasteiger partial charge >= 0.3 is 0 Å².